The SMILES string of the molecule is NNC(c1ccoc1)c1ccc(F)cn1. The first-order valence-corrected chi connectivity index (χ1v) is 4.41. The van der Waals surface area contributed by atoms with Crippen LogP contribution in [0.3, 0.4) is 0 Å². The van der Waals surface area contributed by atoms with Crippen LogP contribution in [-0.2, 0) is 0 Å². The lowest BCUT2D eigenvalue weighted by Gasteiger charge is -2.12. The minimum atomic E-state index is -0.373. The van der Waals surface area contributed by atoms with Crippen molar-refractivity contribution in [2.24, 2.45) is 5.84 Å². The predicted molar refractivity (Wildman–Crippen MR) is 52.1 cm³/mol. The Bertz CT molecular complexity index is 413. The molecule has 5 heteroatoms. The normalized spacial score (nSPS) is 12.7. The van der Waals surface area contributed by atoms with Crippen molar-refractivity contribution >= 4 is 0 Å². The van der Waals surface area contributed by atoms with E-state index >= 15 is 0 Å². The van der Waals surface area contributed by atoms with Gasteiger partial charge in [0.1, 0.15) is 5.82 Å². The Balaban J connectivity index is 2.31. The standard InChI is InChI=1S/C10H10FN3O/c11-8-1-2-9(13-5-8)10(14-12)7-3-4-15-6-7/h1-6,10,14H,12H2. The van der Waals surface area contributed by atoms with E-state index in [9.17, 15) is 4.39 Å². The second-order valence-corrected chi connectivity index (χ2v) is 3.06. The van der Waals surface area contributed by atoms with Crippen LogP contribution in [0.1, 0.15) is 17.3 Å². The number of pyridine rings is 1. The maximum atomic E-state index is 12.7. The monoisotopic (exact) mass is 207 g/mol. The van der Waals surface area contributed by atoms with Crippen molar-refractivity contribution in [3.8, 4) is 0 Å². The summed E-state index contributed by atoms with van der Waals surface area (Å²) in [5, 5.41) is 0. The highest BCUT2D eigenvalue weighted by atomic mass is 19.1. The minimum absolute atomic E-state index is 0.288. The van der Waals surface area contributed by atoms with Gasteiger partial charge in [0, 0.05) is 5.56 Å². The van der Waals surface area contributed by atoms with Crippen LogP contribution in [0.25, 0.3) is 0 Å². The molecule has 0 aliphatic carbocycles. The third kappa shape index (κ3) is 2.03. The summed E-state index contributed by atoms with van der Waals surface area (Å²) in [4.78, 5) is 3.95. The molecule has 0 spiro atoms. The fraction of sp³-hybridized carbons (Fsp3) is 0.100. The molecule has 0 saturated carbocycles. The maximum absolute atomic E-state index is 12.7. The van der Waals surface area contributed by atoms with Crippen LogP contribution >= 0.6 is 0 Å². The van der Waals surface area contributed by atoms with E-state index < -0.39 is 0 Å². The van der Waals surface area contributed by atoms with E-state index in [0.29, 0.717) is 5.69 Å². The van der Waals surface area contributed by atoms with Crippen molar-refractivity contribution in [3.05, 3.63) is 54.0 Å². The molecule has 0 fully saturated rings. The van der Waals surface area contributed by atoms with E-state index in [1.165, 1.54) is 6.07 Å². The van der Waals surface area contributed by atoms with Crippen LogP contribution in [-0.4, -0.2) is 4.98 Å². The third-order valence-corrected chi connectivity index (χ3v) is 2.09. The van der Waals surface area contributed by atoms with Gasteiger partial charge in [-0.1, -0.05) is 0 Å². The Morgan fingerprint density at radius 2 is 2.27 bits per heavy atom. The topological polar surface area (TPSA) is 64.1 Å². The van der Waals surface area contributed by atoms with Crippen LogP contribution in [0.2, 0.25) is 0 Å². The number of halogens is 1. The summed E-state index contributed by atoms with van der Waals surface area (Å²) in [6.07, 6.45) is 4.26. The first kappa shape index (κ1) is 9.82. The summed E-state index contributed by atoms with van der Waals surface area (Å²) >= 11 is 0. The van der Waals surface area contributed by atoms with Crippen LogP contribution in [0, 0.1) is 5.82 Å². The van der Waals surface area contributed by atoms with Crippen molar-refractivity contribution in [3.63, 3.8) is 0 Å². The average Bonchev–Trinajstić information content (AvgIpc) is 2.75. The lowest BCUT2D eigenvalue weighted by Crippen LogP contribution is -2.29. The molecule has 2 rings (SSSR count). The van der Waals surface area contributed by atoms with Crippen LogP contribution in [0.15, 0.2) is 41.3 Å². The number of hydrazine groups is 1. The largest absolute Gasteiger partial charge is 0.472 e. The van der Waals surface area contributed by atoms with Crippen molar-refractivity contribution in [2.45, 2.75) is 6.04 Å². The molecule has 1 atom stereocenters. The van der Waals surface area contributed by atoms with Crippen LogP contribution in [0.5, 0.6) is 0 Å². The van der Waals surface area contributed by atoms with Gasteiger partial charge in [0.2, 0.25) is 0 Å². The molecule has 2 aromatic rings. The van der Waals surface area contributed by atoms with E-state index in [1.807, 2.05) is 0 Å². The van der Waals surface area contributed by atoms with Gasteiger partial charge in [0.25, 0.3) is 0 Å². The summed E-state index contributed by atoms with van der Waals surface area (Å²) in [7, 11) is 0. The molecule has 0 radical (unpaired) electrons. The Morgan fingerprint density at radius 1 is 1.40 bits per heavy atom. The number of nitrogens with two attached hydrogens (primary N) is 1. The van der Waals surface area contributed by atoms with Crippen molar-refractivity contribution in [1.82, 2.24) is 10.4 Å². The molecule has 0 aliphatic heterocycles. The number of rotatable bonds is 3. The first-order valence-electron chi connectivity index (χ1n) is 4.41. The molecule has 2 heterocycles. The molecule has 15 heavy (non-hydrogen) atoms. The number of nitrogens with zero attached hydrogens (tertiary/aromatic N) is 1. The average molecular weight is 207 g/mol. The lowest BCUT2D eigenvalue weighted by molar-refractivity contribution is 0.549. The van der Waals surface area contributed by atoms with Crippen LogP contribution in [0.4, 0.5) is 4.39 Å². The molecule has 4 nitrogen and oxygen atoms in total. The minimum Gasteiger partial charge on any atom is -0.472 e. The quantitative estimate of drug-likeness (QED) is 0.589. The van der Waals surface area contributed by atoms with Gasteiger partial charge in [-0.05, 0) is 18.2 Å². The fourth-order valence-electron chi connectivity index (χ4n) is 1.35. The molecule has 0 aliphatic rings. The van der Waals surface area contributed by atoms with E-state index in [2.05, 4.69) is 10.4 Å². The van der Waals surface area contributed by atoms with E-state index in [4.69, 9.17) is 10.3 Å². The Hall–Kier alpha value is -1.72. The highest BCUT2D eigenvalue weighted by Crippen LogP contribution is 2.19. The Labute approximate surface area is 85.9 Å². The van der Waals surface area contributed by atoms with Crippen molar-refractivity contribution in [1.29, 1.82) is 0 Å². The number of hydrogen-bond acceptors (Lipinski definition) is 4. The van der Waals surface area contributed by atoms with Crippen molar-refractivity contribution < 1.29 is 8.81 Å². The summed E-state index contributed by atoms with van der Waals surface area (Å²) in [6.45, 7) is 0. The summed E-state index contributed by atoms with van der Waals surface area (Å²) in [5.74, 6) is 5.04. The number of nitrogens with one attached hydrogen (secondary N) is 1. The predicted octanol–water partition coefficient (Wildman–Crippen LogP) is 1.37. The zero-order valence-corrected chi connectivity index (χ0v) is 7.85. The molecule has 3 N–H and O–H groups in total. The zero-order chi connectivity index (χ0) is 10.7. The van der Waals surface area contributed by atoms with Gasteiger partial charge >= 0.3 is 0 Å². The fourth-order valence-corrected chi connectivity index (χ4v) is 1.35. The summed E-state index contributed by atoms with van der Waals surface area (Å²) in [6, 6.07) is 4.40. The van der Waals surface area contributed by atoms with Crippen molar-refractivity contribution in [2.75, 3.05) is 0 Å². The zero-order valence-electron chi connectivity index (χ0n) is 7.85. The summed E-state index contributed by atoms with van der Waals surface area (Å²) in [5.41, 5.74) is 4.08. The Kier molecular flexibility index (Phi) is 2.75. The second-order valence-electron chi connectivity index (χ2n) is 3.06. The molecule has 1 unspecified atom stereocenters. The smallest absolute Gasteiger partial charge is 0.141 e. The van der Waals surface area contributed by atoms with Gasteiger partial charge in [-0.2, -0.15) is 0 Å². The lowest BCUT2D eigenvalue weighted by atomic mass is 10.1. The van der Waals surface area contributed by atoms with E-state index in [1.54, 1.807) is 24.7 Å². The molecular formula is C10H10FN3O. The molecule has 0 saturated heterocycles. The van der Waals surface area contributed by atoms with Gasteiger partial charge in [-0.25, -0.2) is 9.82 Å². The highest BCUT2D eigenvalue weighted by molar-refractivity contribution is 5.23. The second kappa shape index (κ2) is 4.20. The van der Waals surface area contributed by atoms with E-state index in [0.717, 1.165) is 11.8 Å². The molecule has 0 bridgehead atoms. The molecule has 78 valence electrons. The van der Waals surface area contributed by atoms with Gasteiger partial charge in [-0.3, -0.25) is 10.8 Å². The van der Waals surface area contributed by atoms with Gasteiger partial charge in [0.15, 0.2) is 0 Å². The van der Waals surface area contributed by atoms with Crippen LogP contribution < -0.4 is 11.3 Å². The Morgan fingerprint density at radius 3 is 2.80 bits per heavy atom. The number of hydrogen-bond donors (Lipinski definition) is 2. The molecular weight excluding hydrogens is 197 g/mol. The molecule has 0 aromatic carbocycles. The first-order chi connectivity index (χ1) is 7.31. The van der Waals surface area contributed by atoms with Gasteiger partial charge in [-0.15, -0.1) is 0 Å². The maximum Gasteiger partial charge on any atom is 0.141 e. The van der Waals surface area contributed by atoms with Gasteiger partial charge < -0.3 is 4.42 Å². The molecule has 0 amide bonds. The van der Waals surface area contributed by atoms with Gasteiger partial charge in [0.05, 0.1) is 30.5 Å². The third-order valence-electron chi connectivity index (χ3n) is 2.09. The summed E-state index contributed by atoms with van der Waals surface area (Å²) < 4.78 is 17.6. The number of furan rings is 1. The number of aromatic nitrogens is 1. The highest BCUT2D eigenvalue weighted by Gasteiger charge is 2.14. The van der Waals surface area contributed by atoms with E-state index in [-0.39, 0.29) is 11.9 Å². The molecule has 2 aromatic heterocycles.